The lowest BCUT2D eigenvalue weighted by molar-refractivity contribution is 0.283. The number of aromatic amines is 1. The lowest BCUT2D eigenvalue weighted by Crippen LogP contribution is -1.93. The van der Waals surface area contributed by atoms with E-state index in [0.29, 0.717) is 16.9 Å². The zero-order valence-electron chi connectivity index (χ0n) is 6.28. The van der Waals surface area contributed by atoms with Crippen LogP contribution in [0.1, 0.15) is 5.56 Å². The number of H-pyrrole nitrogens is 1. The molecule has 0 atom stereocenters. The van der Waals surface area contributed by atoms with E-state index in [9.17, 15) is 0 Å². The number of hydrogen-bond donors (Lipinski definition) is 3. The van der Waals surface area contributed by atoms with E-state index in [1.807, 2.05) is 0 Å². The first kappa shape index (κ1) is 7.05. The predicted molar refractivity (Wildman–Crippen MR) is 44.2 cm³/mol. The topological polar surface area (TPSA) is 87.8 Å². The van der Waals surface area contributed by atoms with Crippen molar-refractivity contribution in [3.8, 4) is 0 Å². The van der Waals surface area contributed by atoms with Crippen LogP contribution in [-0.2, 0) is 6.61 Å². The van der Waals surface area contributed by atoms with Crippen molar-refractivity contribution >= 4 is 16.9 Å². The van der Waals surface area contributed by atoms with E-state index in [1.54, 1.807) is 6.20 Å². The van der Waals surface area contributed by atoms with Gasteiger partial charge >= 0.3 is 0 Å². The molecule has 0 aliphatic carbocycles. The quantitative estimate of drug-likeness (QED) is 0.555. The van der Waals surface area contributed by atoms with E-state index in [2.05, 4.69) is 15.0 Å². The molecule has 0 saturated carbocycles. The minimum absolute atomic E-state index is 0.0580. The van der Waals surface area contributed by atoms with Gasteiger partial charge in [-0.15, -0.1) is 0 Å². The number of hydrogen-bond acceptors (Lipinski definition) is 4. The average molecular weight is 164 g/mol. The molecular formula is C7H8N4O. The molecule has 62 valence electrons. The van der Waals surface area contributed by atoms with E-state index in [0.717, 1.165) is 5.56 Å². The van der Waals surface area contributed by atoms with Gasteiger partial charge in [0.1, 0.15) is 17.8 Å². The fraction of sp³-hybridized carbons (Fsp3) is 0.143. The highest BCUT2D eigenvalue weighted by atomic mass is 16.3. The minimum atomic E-state index is -0.0580. The Morgan fingerprint density at radius 3 is 3.08 bits per heavy atom. The second-order valence-corrected chi connectivity index (χ2v) is 2.45. The normalized spacial score (nSPS) is 10.8. The number of nitrogens with two attached hydrogens (primary N) is 1. The fourth-order valence-electron chi connectivity index (χ4n) is 1.18. The van der Waals surface area contributed by atoms with E-state index in [4.69, 9.17) is 10.8 Å². The first-order valence-corrected chi connectivity index (χ1v) is 3.50. The number of aliphatic hydroxyl groups is 1. The molecule has 0 saturated heterocycles. The van der Waals surface area contributed by atoms with Crippen LogP contribution in [0, 0.1) is 0 Å². The Morgan fingerprint density at radius 1 is 1.50 bits per heavy atom. The molecule has 0 aromatic carbocycles. The molecule has 2 aromatic rings. The van der Waals surface area contributed by atoms with Crippen molar-refractivity contribution in [3.05, 3.63) is 18.1 Å². The maximum atomic E-state index is 8.92. The van der Waals surface area contributed by atoms with Crippen LogP contribution in [0.5, 0.6) is 0 Å². The number of nitrogens with one attached hydrogen (secondary N) is 1. The third-order valence-electron chi connectivity index (χ3n) is 1.75. The van der Waals surface area contributed by atoms with Gasteiger partial charge in [0.05, 0.1) is 12.0 Å². The molecule has 0 aliphatic heterocycles. The number of nitrogen functional groups attached to an aromatic ring is 1. The first-order chi connectivity index (χ1) is 5.83. The summed E-state index contributed by atoms with van der Waals surface area (Å²) in [7, 11) is 0. The monoisotopic (exact) mass is 164 g/mol. The van der Waals surface area contributed by atoms with Gasteiger partial charge in [0, 0.05) is 11.8 Å². The molecule has 0 radical (unpaired) electrons. The summed E-state index contributed by atoms with van der Waals surface area (Å²) in [4.78, 5) is 10.7. The van der Waals surface area contributed by atoms with Gasteiger partial charge in [-0.25, -0.2) is 9.97 Å². The molecule has 12 heavy (non-hydrogen) atoms. The maximum Gasteiger partial charge on any atom is 0.143 e. The summed E-state index contributed by atoms with van der Waals surface area (Å²) in [5, 5.41) is 9.63. The van der Waals surface area contributed by atoms with Crippen LogP contribution in [0.15, 0.2) is 12.5 Å². The highest BCUT2D eigenvalue weighted by Crippen LogP contribution is 2.20. The minimum Gasteiger partial charge on any atom is -0.392 e. The first-order valence-electron chi connectivity index (χ1n) is 3.50. The lowest BCUT2D eigenvalue weighted by Gasteiger charge is -1.95. The van der Waals surface area contributed by atoms with E-state index in [1.165, 1.54) is 6.33 Å². The Balaban J connectivity index is 2.83. The van der Waals surface area contributed by atoms with Gasteiger partial charge in [-0.05, 0) is 0 Å². The summed E-state index contributed by atoms with van der Waals surface area (Å²) >= 11 is 0. The van der Waals surface area contributed by atoms with Gasteiger partial charge in [0.25, 0.3) is 0 Å². The molecule has 5 heteroatoms. The Bertz CT molecular complexity index is 409. The molecule has 2 rings (SSSR count). The number of rotatable bonds is 1. The maximum absolute atomic E-state index is 8.92. The summed E-state index contributed by atoms with van der Waals surface area (Å²) in [5.74, 6) is 0.394. The lowest BCUT2D eigenvalue weighted by atomic mass is 10.2. The van der Waals surface area contributed by atoms with Crippen molar-refractivity contribution < 1.29 is 5.11 Å². The van der Waals surface area contributed by atoms with Gasteiger partial charge < -0.3 is 15.8 Å². The van der Waals surface area contributed by atoms with E-state index >= 15 is 0 Å². The van der Waals surface area contributed by atoms with Crippen LogP contribution >= 0.6 is 0 Å². The average Bonchev–Trinajstić information content (AvgIpc) is 2.49. The number of aliphatic hydroxyl groups excluding tert-OH is 1. The highest BCUT2D eigenvalue weighted by molar-refractivity contribution is 5.88. The van der Waals surface area contributed by atoms with Crippen LogP contribution in [-0.4, -0.2) is 20.1 Å². The molecule has 0 unspecified atom stereocenters. The van der Waals surface area contributed by atoms with Crippen molar-refractivity contribution in [1.29, 1.82) is 0 Å². The highest BCUT2D eigenvalue weighted by Gasteiger charge is 2.06. The number of fused-ring (bicyclic) bond motifs is 1. The van der Waals surface area contributed by atoms with Crippen molar-refractivity contribution in [3.63, 3.8) is 0 Å². The molecule has 0 spiro atoms. The summed E-state index contributed by atoms with van der Waals surface area (Å²) < 4.78 is 0. The molecule has 0 fully saturated rings. The number of nitrogens with zero attached hydrogens (tertiary/aromatic N) is 2. The summed E-state index contributed by atoms with van der Waals surface area (Å²) in [6, 6.07) is 0. The Hall–Kier alpha value is -1.62. The molecule has 0 bridgehead atoms. The van der Waals surface area contributed by atoms with Crippen LogP contribution in [0.2, 0.25) is 0 Å². The van der Waals surface area contributed by atoms with Crippen LogP contribution in [0.3, 0.4) is 0 Å². The summed E-state index contributed by atoms with van der Waals surface area (Å²) in [6.45, 7) is -0.0580. The standard InChI is InChI=1S/C7H8N4O/c8-6-5-4(2-12)1-9-7(5)11-3-10-6/h1,3,12H,2H2,(H3,8,9,10,11). The summed E-state index contributed by atoms with van der Waals surface area (Å²) in [6.07, 6.45) is 3.06. The fourth-order valence-corrected chi connectivity index (χ4v) is 1.18. The number of aromatic nitrogens is 3. The molecule has 2 heterocycles. The predicted octanol–water partition coefficient (Wildman–Crippen LogP) is 0.0324. The number of anilines is 1. The van der Waals surface area contributed by atoms with E-state index in [-0.39, 0.29) is 6.61 Å². The van der Waals surface area contributed by atoms with Crippen molar-refractivity contribution in [2.24, 2.45) is 0 Å². The van der Waals surface area contributed by atoms with Gasteiger partial charge in [0.15, 0.2) is 0 Å². The third-order valence-corrected chi connectivity index (χ3v) is 1.75. The third kappa shape index (κ3) is 0.835. The molecule has 2 aromatic heterocycles. The Morgan fingerprint density at radius 2 is 2.33 bits per heavy atom. The zero-order valence-corrected chi connectivity index (χ0v) is 6.28. The van der Waals surface area contributed by atoms with Gasteiger partial charge in [0.2, 0.25) is 0 Å². The van der Waals surface area contributed by atoms with Crippen molar-refractivity contribution in [2.75, 3.05) is 5.73 Å². The molecule has 5 nitrogen and oxygen atoms in total. The van der Waals surface area contributed by atoms with Crippen LogP contribution in [0.25, 0.3) is 11.0 Å². The second kappa shape index (κ2) is 2.46. The Labute approximate surface area is 68.3 Å². The van der Waals surface area contributed by atoms with Crippen LogP contribution in [0.4, 0.5) is 5.82 Å². The largest absolute Gasteiger partial charge is 0.392 e. The molecule has 0 aliphatic rings. The van der Waals surface area contributed by atoms with Crippen molar-refractivity contribution in [2.45, 2.75) is 6.61 Å². The van der Waals surface area contributed by atoms with Crippen molar-refractivity contribution in [1.82, 2.24) is 15.0 Å². The SMILES string of the molecule is Nc1ncnc2[nH]cc(CO)c12. The zero-order chi connectivity index (χ0) is 8.55. The second-order valence-electron chi connectivity index (χ2n) is 2.45. The van der Waals surface area contributed by atoms with E-state index < -0.39 is 0 Å². The molecule has 0 amide bonds. The van der Waals surface area contributed by atoms with Crippen LogP contribution < -0.4 is 5.73 Å². The van der Waals surface area contributed by atoms with Gasteiger partial charge in [-0.1, -0.05) is 0 Å². The Kier molecular flexibility index (Phi) is 1.44. The van der Waals surface area contributed by atoms with Gasteiger partial charge in [-0.2, -0.15) is 0 Å². The molecule has 4 N–H and O–H groups in total. The smallest absolute Gasteiger partial charge is 0.143 e. The molecular weight excluding hydrogens is 156 g/mol. The summed E-state index contributed by atoms with van der Waals surface area (Å²) in [5.41, 5.74) is 6.98. The van der Waals surface area contributed by atoms with Gasteiger partial charge in [-0.3, -0.25) is 0 Å².